The molecule has 6 rings (SSSR count). The van der Waals surface area contributed by atoms with Gasteiger partial charge in [-0.15, -0.1) is 0 Å². The van der Waals surface area contributed by atoms with Gasteiger partial charge in [0, 0.05) is 51.5 Å². The second kappa shape index (κ2) is 27.0. The molecule has 0 aliphatic carbocycles. The lowest BCUT2D eigenvalue weighted by atomic mass is 9.86. The van der Waals surface area contributed by atoms with Crippen molar-refractivity contribution < 1.29 is 19.1 Å². The van der Waals surface area contributed by atoms with E-state index in [1.807, 2.05) is 52.0 Å². The summed E-state index contributed by atoms with van der Waals surface area (Å²) in [5.74, 6) is 2.99. The first-order chi connectivity index (χ1) is 31.9. The Morgan fingerprint density at radius 1 is 1.01 bits per heavy atom. The number of anilines is 2. The molecule has 3 aliphatic heterocycles. The largest absolute Gasteiger partial charge is 0.495 e. The Hall–Kier alpha value is -4.36. The number of carbonyl (C=O) groups excluding carboxylic acids is 3. The molecular formula is C54H77ClN6O4S2. The Balaban J connectivity index is 0.000000330. The summed E-state index contributed by atoms with van der Waals surface area (Å²) in [5.41, 5.74) is 7.45. The molecular weight excluding hydrogens is 896 g/mol. The number of Topliss-reactive ketones (excluding diaryl/α,β-unsaturated/α-hetero) is 2. The van der Waals surface area contributed by atoms with Gasteiger partial charge in [0.25, 0.3) is 0 Å². The number of allylic oxidation sites excluding steroid dienone is 1. The molecule has 4 N–H and O–H groups in total. The Morgan fingerprint density at radius 2 is 1.72 bits per heavy atom. The molecule has 0 spiro atoms. The molecule has 4 atom stereocenters. The molecule has 3 aliphatic rings. The molecule has 3 aromatic rings. The number of halogens is 1. The Morgan fingerprint density at radius 3 is 2.31 bits per heavy atom. The summed E-state index contributed by atoms with van der Waals surface area (Å²) in [5, 5.41) is 13.8. The van der Waals surface area contributed by atoms with Crippen molar-refractivity contribution in [2.45, 2.75) is 143 Å². The smallest absolute Gasteiger partial charge is 0.226 e. The molecule has 3 aromatic carbocycles. The van der Waals surface area contributed by atoms with E-state index in [0.717, 1.165) is 52.0 Å². The predicted molar refractivity (Wildman–Crippen MR) is 286 cm³/mol. The van der Waals surface area contributed by atoms with Crippen LogP contribution in [0.3, 0.4) is 0 Å². The molecule has 366 valence electrons. The van der Waals surface area contributed by atoms with E-state index in [1.54, 1.807) is 25.4 Å². The lowest BCUT2D eigenvalue weighted by molar-refractivity contribution is -0.124. The van der Waals surface area contributed by atoms with E-state index in [9.17, 15) is 14.4 Å². The number of rotatable bonds is 16. The van der Waals surface area contributed by atoms with Gasteiger partial charge in [0.05, 0.1) is 23.5 Å². The lowest BCUT2D eigenvalue weighted by Gasteiger charge is -2.35. The minimum Gasteiger partial charge on any atom is -0.495 e. The van der Waals surface area contributed by atoms with Crippen LogP contribution < -0.4 is 26.0 Å². The first-order valence-electron chi connectivity index (χ1n) is 24.1. The maximum atomic E-state index is 11.9. The predicted octanol–water partition coefficient (Wildman–Crippen LogP) is 12.2. The van der Waals surface area contributed by atoms with Gasteiger partial charge in [0.15, 0.2) is 17.7 Å². The number of hydrogen-bond donors (Lipinski definition) is 4. The van der Waals surface area contributed by atoms with Gasteiger partial charge in [-0.05, 0) is 130 Å². The Kier molecular flexibility index (Phi) is 22.3. The summed E-state index contributed by atoms with van der Waals surface area (Å²) in [6.07, 6.45) is 10.9. The summed E-state index contributed by atoms with van der Waals surface area (Å²) >= 11 is 12.4. The van der Waals surface area contributed by atoms with Crippen LogP contribution in [-0.4, -0.2) is 66.5 Å². The number of unbranched alkanes of at least 4 members (excludes halogenated alkanes) is 1. The standard InChI is InChI=1S/C34H50ClN5OS2.C13H16O2.C7H11NO/c1-7-9-12-25(8-2)22-40-17-15-26(16-18-40)27-20-31(41-6)30(19-24(27)5)38-34-36-21-28(35)33(39-34)37-29-13-10-11-14-32(29)43(42)23(3)4;1-8(2)13(15)12-7-9(3)5-6-11(12)10(4)14;1-5-3-4-6(2)8-7(5)9/h10-11,13-14,19-21,23,25-26,33,37H,7-9,12,15-18,22H2,1-6H3,(H2,36,38,39);5-8H,1-4H3;5H,2-4H2,1H3,(H,8,9). The number of ether oxygens (including phenoxy) is 1. The topological polar surface area (TPSA) is 124 Å². The number of nitrogens with one attached hydrogen (secondary N) is 4. The van der Waals surface area contributed by atoms with Gasteiger partial charge in [0.1, 0.15) is 5.75 Å². The van der Waals surface area contributed by atoms with Crippen molar-refractivity contribution in [3.8, 4) is 5.75 Å². The summed E-state index contributed by atoms with van der Waals surface area (Å²) in [7, 11) is 1.42. The minimum absolute atomic E-state index is 0.0314. The minimum atomic E-state index is -0.434. The van der Waals surface area contributed by atoms with Crippen LogP contribution in [0.2, 0.25) is 0 Å². The van der Waals surface area contributed by atoms with Crippen molar-refractivity contribution >= 4 is 67.1 Å². The van der Waals surface area contributed by atoms with Crippen LogP contribution in [0.25, 0.3) is 0 Å². The zero-order valence-electron chi connectivity index (χ0n) is 41.9. The van der Waals surface area contributed by atoms with E-state index >= 15 is 0 Å². The third kappa shape index (κ3) is 16.4. The van der Waals surface area contributed by atoms with E-state index in [1.165, 1.54) is 76.2 Å². The van der Waals surface area contributed by atoms with Crippen molar-refractivity contribution in [3.05, 3.63) is 106 Å². The van der Waals surface area contributed by atoms with Crippen LogP contribution in [0.5, 0.6) is 5.75 Å². The van der Waals surface area contributed by atoms with Crippen LogP contribution in [0.1, 0.15) is 150 Å². The first kappa shape index (κ1) is 55.2. The molecule has 0 aromatic heterocycles. The molecule has 1 amide bonds. The number of nitrogens with zero attached hydrogens (tertiary/aromatic N) is 2. The fraction of sp³-hybridized carbons (Fsp3) is 0.519. The zero-order chi connectivity index (χ0) is 49.4. The molecule has 10 nitrogen and oxygen atoms in total. The van der Waals surface area contributed by atoms with Gasteiger partial charge >= 0.3 is 0 Å². The van der Waals surface area contributed by atoms with Gasteiger partial charge in [-0.1, -0.05) is 125 Å². The third-order valence-corrected chi connectivity index (χ3v) is 16.2. The number of guanidine groups is 1. The number of ketones is 2. The van der Waals surface area contributed by atoms with Gasteiger partial charge < -0.3 is 30.9 Å². The van der Waals surface area contributed by atoms with Crippen LogP contribution in [0.15, 0.2) is 88.0 Å². The molecule has 0 saturated carbocycles. The molecule has 0 bridgehead atoms. The fourth-order valence-electron chi connectivity index (χ4n) is 8.38. The normalized spacial score (nSPS) is 18.5. The van der Waals surface area contributed by atoms with Crippen LogP contribution >= 0.6 is 11.6 Å². The average molecular weight is 974 g/mol. The zero-order valence-corrected chi connectivity index (χ0v) is 44.3. The fourth-order valence-corrected chi connectivity index (χ4v) is 10.0. The monoisotopic (exact) mass is 973 g/mol. The number of piperidine rings is 2. The van der Waals surface area contributed by atoms with Crippen molar-refractivity contribution in [2.75, 3.05) is 37.4 Å². The number of likely N-dealkylation sites (tertiary alicyclic amines) is 1. The molecule has 3 heterocycles. The second-order valence-corrected chi connectivity index (χ2v) is 22.2. The Labute approximate surface area is 414 Å². The maximum Gasteiger partial charge on any atom is 0.226 e. The number of para-hydroxylation sites is 1. The Bertz CT molecular complexity index is 2270. The number of hydrogen-bond acceptors (Lipinski definition) is 10. The number of aryl methyl sites for hydroxylation is 2. The number of carbonyl (C=O) groups is 3. The van der Waals surface area contributed by atoms with Crippen LogP contribution in [-0.2, 0) is 25.4 Å². The summed E-state index contributed by atoms with van der Waals surface area (Å²) in [4.78, 5) is 42.7. The van der Waals surface area contributed by atoms with E-state index < -0.39 is 6.17 Å². The number of aliphatic imine (C=N–C) groups is 1. The molecule has 2 saturated heterocycles. The summed E-state index contributed by atoms with van der Waals surface area (Å²) in [6.45, 7) is 27.4. The van der Waals surface area contributed by atoms with Crippen LogP contribution in [0, 0.1) is 31.6 Å². The van der Waals surface area contributed by atoms with E-state index in [0.29, 0.717) is 33.3 Å². The van der Waals surface area contributed by atoms with Gasteiger partial charge in [0.2, 0.25) is 11.9 Å². The highest BCUT2D eigenvalue weighted by atomic mass is 35.5. The maximum absolute atomic E-state index is 11.9. The average Bonchev–Trinajstić information content (AvgIpc) is 3.30. The molecule has 0 radical (unpaired) electrons. The summed E-state index contributed by atoms with van der Waals surface area (Å²) < 4.78 is 5.88. The quantitative estimate of drug-likeness (QED) is 0.104. The molecule has 13 heteroatoms. The number of benzene rings is 3. The van der Waals surface area contributed by atoms with Gasteiger partial charge in [-0.2, -0.15) is 0 Å². The number of methoxy groups -OCH3 is 1. The van der Waals surface area contributed by atoms with Crippen molar-refractivity contribution in [1.82, 2.24) is 15.5 Å². The van der Waals surface area contributed by atoms with E-state index in [-0.39, 0.29) is 38.8 Å². The second-order valence-electron chi connectivity index (χ2n) is 18.7. The van der Waals surface area contributed by atoms with Gasteiger partial charge in [-0.25, -0.2) is 4.99 Å². The highest BCUT2D eigenvalue weighted by Gasteiger charge is 2.26. The lowest BCUT2D eigenvalue weighted by Crippen LogP contribution is -2.36. The highest BCUT2D eigenvalue weighted by Crippen LogP contribution is 2.37. The van der Waals surface area contributed by atoms with Crippen molar-refractivity contribution in [3.63, 3.8) is 0 Å². The third-order valence-electron chi connectivity index (χ3n) is 12.6. The van der Waals surface area contributed by atoms with Crippen molar-refractivity contribution in [2.24, 2.45) is 22.7 Å². The van der Waals surface area contributed by atoms with E-state index in [4.69, 9.17) is 32.5 Å². The summed E-state index contributed by atoms with van der Waals surface area (Å²) in [6, 6.07) is 18.0. The van der Waals surface area contributed by atoms with Crippen LogP contribution in [0.4, 0.5) is 11.4 Å². The van der Waals surface area contributed by atoms with Crippen molar-refractivity contribution in [1.29, 1.82) is 0 Å². The molecule has 2 fully saturated rings. The van der Waals surface area contributed by atoms with Gasteiger partial charge in [-0.3, -0.25) is 14.4 Å². The highest BCUT2D eigenvalue weighted by molar-refractivity contribution is 8.29. The van der Waals surface area contributed by atoms with E-state index in [2.05, 4.69) is 85.6 Å². The number of amides is 1. The first-order valence-corrected chi connectivity index (χ1v) is 26.7. The SMILES string of the molecule is C=C1CCC(C)C(=O)N1.CC(=O)c1ccc(C)cc1C(=O)C(C)C.CCCCC(CC)CN1CCC(c2cc(OC)c(NC3=NC(Nc4ccccc4S(=S)C(C)C)C(Cl)=CN3)cc2C)CC1. The molecule has 67 heavy (non-hydrogen) atoms. The molecule has 4 unspecified atom stereocenters.